The predicted molar refractivity (Wildman–Crippen MR) is 111 cm³/mol. The summed E-state index contributed by atoms with van der Waals surface area (Å²) >= 11 is 0. The molecule has 0 bridgehead atoms. The molecule has 0 radical (unpaired) electrons. The van der Waals surface area contributed by atoms with Gasteiger partial charge in [0.15, 0.2) is 0 Å². The molecular weight excluding hydrogens is 350 g/mol. The van der Waals surface area contributed by atoms with Crippen LogP contribution in [0.15, 0.2) is 66.9 Å². The third-order valence-electron chi connectivity index (χ3n) is 4.61. The zero-order chi connectivity index (χ0) is 19.7. The van der Waals surface area contributed by atoms with Crippen molar-refractivity contribution in [3.8, 4) is 17.0 Å². The van der Waals surface area contributed by atoms with Gasteiger partial charge in [0.05, 0.1) is 12.7 Å². The number of anilines is 1. The molecule has 140 valence electrons. The number of benzene rings is 2. The van der Waals surface area contributed by atoms with Crippen LogP contribution in [0.25, 0.3) is 16.9 Å². The van der Waals surface area contributed by atoms with Crippen molar-refractivity contribution in [1.29, 1.82) is 0 Å². The first kappa shape index (κ1) is 17.8. The maximum Gasteiger partial charge on any atom is 0.260 e. The second-order valence-corrected chi connectivity index (χ2v) is 6.77. The van der Waals surface area contributed by atoms with Crippen LogP contribution in [0.1, 0.15) is 21.5 Å². The highest BCUT2D eigenvalue weighted by molar-refractivity contribution is 6.07. The van der Waals surface area contributed by atoms with E-state index < -0.39 is 0 Å². The molecule has 4 aromatic rings. The van der Waals surface area contributed by atoms with E-state index in [0.717, 1.165) is 28.0 Å². The molecule has 0 aliphatic heterocycles. The van der Waals surface area contributed by atoms with E-state index in [1.165, 1.54) is 0 Å². The summed E-state index contributed by atoms with van der Waals surface area (Å²) in [6.45, 7) is 4.11. The Morgan fingerprint density at radius 1 is 1.00 bits per heavy atom. The van der Waals surface area contributed by atoms with Gasteiger partial charge in [-0.2, -0.15) is 0 Å². The van der Waals surface area contributed by atoms with E-state index in [9.17, 15) is 4.79 Å². The van der Waals surface area contributed by atoms with Crippen LogP contribution < -0.4 is 10.1 Å². The molecule has 2 heterocycles. The van der Waals surface area contributed by atoms with Crippen molar-refractivity contribution >= 4 is 17.4 Å². The third kappa shape index (κ3) is 3.22. The van der Waals surface area contributed by atoms with Crippen LogP contribution in [0.5, 0.6) is 5.75 Å². The molecule has 0 spiro atoms. The summed E-state index contributed by atoms with van der Waals surface area (Å²) < 4.78 is 7.23. The minimum absolute atomic E-state index is 0.242. The average molecular weight is 371 g/mol. The van der Waals surface area contributed by atoms with E-state index in [1.54, 1.807) is 19.2 Å². The van der Waals surface area contributed by atoms with E-state index >= 15 is 0 Å². The van der Waals surface area contributed by atoms with Gasteiger partial charge in [-0.25, -0.2) is 4.98 Å². The zero-order valence-electron chi connectivity index (χ0n) is 16.1. The van der Waals surface area contributed by atoms with E-state index in [0.29, 0.717) is 17.1 Å². The fraction of sp³-hybridized carbons (Fsp3) is 0.130. The van der Waals surface area contributed by atoms with Gasteiger partial charge < -0.3 is 10.1 Å². The number of aromatic nitrogens is 2. The monoisotopic (exact) mass is 371 g/mol. The summed E-state index contributed by atoms with van der Waals surface area (Å²) in [7, 11) is 1.56. The number of carbonyl (C=O) groups excluding carboxylic acids is 1. The molecular formula is C23H21N3O2. The SMILES string of the molecule is COc1ccccc1C(=O)Nc1c(-c2cc(C)cc(C)c2)nc2ccccn12. The van der Waals surface area contributed by atoms with Gasteiger partial charge in [-0.15, -0.1) is 0 Å². The van der Waals surface area contributed by atoms with Crippen molar-refractivity contribution in [2.75, 3.05) is 12.4 Å². The van der Waals surface area contributed by atoms with Crippen LogP contribution in [-0.4, -0.2) is 22.4 Å². The molecule has 0 atom stereocenters. The second-order valence-electron chi connectivity index (χ2n) is 6.77. The Labute approximate surface area is 163 Å². The first-order valence-corrected chi connectivity index (χ1v) is 9.07. The minimum Gasteiger partial charge on any atom is -0.496 e. The maximum absolute atomic E-state index is 13.0. The summed E-state index contributed by atoms with van der Waals surface area (Å²) in [5, 5.41) is 3.04. The van der Waals surface area contributed by atoms with Gasteiger partial charge in [-0.1, -0.05) is 35.4 Å². The van der Waals surface area contributed by atoms with Crippen LogP contribution in [0, 0.1) is 13.8 Å². The minimum atomic E-state index is -0.242. The number of pyridine rings is 1. The van der Waals surface area contributed by atoms with Gasteiger partial charge in [0.2, 0.25) is 0 Å². The van der Waals surface area contributed by atoms with Crippen LogP contribution in [0.4, 0.5) is 5.82 Å². The van der Waals surface area contributed by atoms with Crippen molar-refractivity contribution in [3.63, 3.8) is 0 Å². The van der Waals surface area contributed by atoms with E-state index in [-0.39, 0.29) is 5.91 Å². The van der Waals surface area contributed by atoms with Crippen molar-refractivity contribution in [1.82, 2.24) is 9.38 Å². The van der Waals surface area contributed by atoms with Gasteiger partial charge in [0.25, 0.3) is 5.91 Å². The van der Waals surface area contributed by atoms with Crippen molar-refractivity contribution in [2.24, 2.45) is 0 Å². The highest BCUT2D eigenvalue weighted by Gasteiger charge is 2.19. The Balaban J connectivity index is 1.85. The van der Waals surface area contributed by atoms with E-state index in [4.69, 9.17) is 9.72 Å². The Morgan fingerprint density at radius 2 is 1.71 bits per heavy atom. The maximum atomic E-state index is 13.0. The van der Waals surface area contributed by atoms with Crippen LogP contribution in [0.2, 0.25) is 0 Å². The molecule has 4 rings (SSSR count). The van der Waals surface area contributed by atoms with Crippen molar-refractivity contribution < 1.29 is 9.53 Å². The first-order valence-electron chi connectivity index (χ1n) is 9.07. The molecule has 0 saturated heterocycles. The average Bonchev–Trinajstić information content (AvgIpc) is 3.06. The first-order chi connectivity index (χ1) is 13.6. The number of aryl methyl sites for hydroxylation is 2. The molecule has 5 heteroatoms. The Kier molecular flexibility index (Phi) is 4.57. The lowest BCUT2D eigenvalue weighted by atomic mass is 10.0. The second kappa shape index (κ2) is 7.19. The standard InChI is InChI=1S/C23H21N3O2/c1-15-12-16(2)14-17(13-15)21-22(26-11-7-6-10-20(26)24-21)25-23(27)18-8-4-5-9-19(18)28-3/h4-14H,1-3H3,(H,25,27). The van der Waals surface area contributed by atoms with Crippen molar-refractivity contribution in [2.45, 2.75) is 13.8 Å². The number of nitrogens with zero attached hydrogens (tertiary/aromatic N) is 2. The molecule has 5 nitrogen and oxygen atoms in total. The van der Waals surface area contributed by atoms with Crippen molar-refractivity contribution in [3.05, 3.63) is 83.6 Å². The number of ether oxygens (including phenoxy) is 1. The molecule has 0 aliphatic rings. The molecule has 0 unspecified atom stereocenters. The molecule has 1 amide bonds. The number of rotatable bonds is 4. The van der Waals surface area contributed by atoms with Gasteiger partial charge in [-0.3, -0.25) is 9.20 Å². The van der Waals surface area contributed by atoms with Crippen LogP contribution in [-0.2, 0) is 0 Å². The number of nitrogens with one attached hydrogen (secondary N) is 1. The highest BCUT2D eigenvalue weighted by Crippen LogP contribution is 2.31. The normalized spacial score (nSPS) is 10.8. The van der Waals surface area contributed by atoms with Gasteiger partial charge in [-0.05, 0) is 50.2 Å². The number of methoxy groups -OCH3 is 1. The smallest absolute Gasteiger partial charge is 0.260 e. The van der Waals surface area contributed by atoms with Crippen LogP contribution in [0.3, 0.4) is 0 Å². The largest absolute Gasteiger partial charge is 0.496 e. The predicted octanol–water partition coefficient (Wildman–Crippen LogP) is 4.88. The topological polar surface area (TPSA) is 55.6 Å². The highest BCUT2D eigenvalue weighted by atomic mass is 16.5. The van der Waals surface area contributed by atoms with E-state index in [1.807, 2.05) is 40.9 Å². The molecule has 0 aliphatic carbocycles. The summed E-state index contributed by atoms with van der Waals surface area (Å²) in [6, 6.07) is 19.2. The third-order valence-corrected chi connectivity index (χ3v) is 4.61. The zero-order valence-corrected chi connectivity index (χ0v) is 16.1. The van der Waals surface area contributed by atoms with Gasteiger partial charge >= 0.3 is 0 Å². The molecule has 0 saturated carbocycles. The molecule has 0 fully saturated rings. The Hall–Kier alpha value is -3.60. The fourth-order valence-corrected chi connectivity index (χ4v) is 3.44. The Bertz CT molecular complexity index is 1160. The molecule has 28 heavy (non-hydrogen) atoms. The lowest BCUT2D eigenvalue weighted by molar-refractivity contribution is 0.102. The number of carbonyl (C=O) groups is 1. The lowest BCUT2D eigenvalue weighted by Crippen LogP contribution is -2.15. The number of imidazole rings is 1. The number of para-hydroxylation sites is 1. The Morgan fingerprint density at radius 3 is 2.46 bits per heavy atom. The van der Waals surface area contributed by atoms with E-state index in [2.05, 4.69) is 37.4 Å². The number of fused-ring (bicyclic) bond motifs is 1. The summed E-state index contributed by atoms with van der Waals surface area (Å²) in [4.78, 5) is 17.8. The lowest BCUT2D eigenvalue weighted by Gasteiger charge is -2.11. The van der Waals surface area contributed by atoms with Gasteiger partial charge in [0, 0.05) is 11.8 Å². The van der Waals surface area contributed by atoms with Crippen LogP contribution >= 0.6 is 0 Å². The summed E-state index contributed by atoms with van der Waals surface area (Å²) in [6.07, 6.45) is 1.90. The number of hydrogen-bond acceptors (Lipinski definition) is 3. The summed E-state index contributed by atoms with van der Waals surface area (Å²) in [5.41, 5.74) is 5.25. The van der Waals surface area contributed by atoms with Gasteiger partial charge in [0.1, 0.15) is 22.9 Å². The number of hydrogen-bond donors (Lipinski definition) is 1. The fourth-order valence-electron chi connectivity index (χ4n) is 3.44. The molecule has 2 aromatic heterocycles. The molecule has 2 aromatic carbocycles. The quantitative estimate of drug-likeness (QED) is 0.556. The summed E-state index contributed by atoms with van der Waals surface area (Å²) in [5.74, 6) is 0.923. The molecule has 1 N–H and O–H groups in total. The number of amides is 1.